The second kappa shape index (κ2) is 6.11. The lowest BCUT2D eigenvalue weighted by atomic mass is 10.1. The van der Waals surface area contributed by atoms with E-state index in [0.29, 0.717) is 10.7 Å². The van der Waals surface area contributed by atoms with Crippen molar-refractivity contribution < 1.29 is 9.72 Å². The summed E-state index contributed by atoms with van der Waals surface area (Å²) in [6.45, 7) is 1.81. The van der Waals surface area contributed by atoms with Crippen molar-refractivity contribution in [1.29, 1.82) is 0 Å². The normalized spacial score (nSPS) is 10.2. The molecule has 0 saturated carbocycles. The Balaban J connectivity index is 2.34. The highest BCUT2D eigenvalue weighted by atomic mass is 35.5. The quantitative estimate of drug-likeness (QED) is 0.669. The number of amides is 1. The third-order valence-electron chi connectivity index (χ3n) is 2.85. The first kappa shape index (κ1) is 15.3. The number of nitrogens with one attached hydrogen (secondary N) is 1. The van der Waals surface area contributed by atoms with Gasteiger partial charge in [-0.3, -0.25) is 14.9 Å². The van der Waals surface area contributed by atoms with Gasteiger partial charge < -0.3 is 5.32 Å². The lowest BCUT2D eigenvalue weighted by molar-refractivity contribution is -0.384. The van der Waals surface area contributed by atoms with Gasteiger partial charge >= 0.3 is 0 Å². The van der Waals surface area contributed by atoms with Crippen LogP contribution in [-0.2, 0) is 0 Å². The summed E-state index contributed by atoms with van der Waals surface area (Å²) in [7, 11) is 0. The van der Waals surface area contributed by atoms with Gasteiger partial charge in [0, 0.05) is 22.8 Å². The molecule has 2 rings (SSSR count). The Morgan fingerprint density at radius 2 is 1.90 bits per heavy atom. The molecule has 0 spiro atoms. The average Bonchev–Trinajstić information content (AvgIpc) is 2.43. The summed E-state index contributed by atoms with van der Waals surface area (Å²) in [4.78, 5) is 22.4. The first-order chi connectivity index (χ1) is 9.88. The number of hydrogen-bond donors (Lipinski definition) is 1. The van der Waals surface area contributed by atoms with E-state index in [2.05, 4.69) is 5.32 Å². The van der Waals surface area contributed by atoms with Gasteiger partial charge in [-0.05, 0) is 30.7 Å². The molecule has 2 aromatic rings. The zero-order valence-corrected chi connectivity index (χ0v) is 12.4. The topological polar surface area (TPSA) is 72.2 Å². The fraction of sp³-hybridized carbons (Fsp3) is 0.0714. The molecule has 108 valence electrons. The van der Waals surface area contributed by atoms with Crippen molar-refractivity contribution in [2.75, 3.05) is 5.32 Å². The number of nitro benzene ring substituents is 1. The monoisotopic (exact) mass is 324 g/mol. The first-order valence-corrected chi connectivity index (χ1v) is 6.65. The summed E-state index contributed by atoms with van der Waals surface area (Å²) < 4.78 is 0. The predicted molar refractivity (Wildman–Crippen MR) is 82.2 cm³/mol. The highest BCUT2D eigenvalue weighted by Gasteiger charge is 2.16. The number of rotatable bonds is 3. The van der Waals surface area contributed by atoms with Crippen LogP contribution in [0.2, 0.25) is 10.0 Å². The van der Waals surface area contributed by atoms with Crippen LogP contribution in [0.4, 0.5) is 11.4 Å². The number of anilines is 1. The van der Waals surface area contributed by atoms with Crippen LogP contribution in [0, 0.1) is 17.0 Å². The van der Waals surface area contributed by atoms with Crippen LogP contribution in [-0.4, -0.2) is 10.8 Å². The standard InChI is InChI=1S/C14H10Cl2N2O3/c1-8-2-3-9(15)6-13(8)17-14(19)11-7-10(18(20)21)4-5-12(11)16/h2-7H,1H3,(H,17,19). The van der Waals surface area contributed by atoms with E-state index in [9.17, 15) is 14.9 Å². The van der Waals surface area contributed by atoms with Gasteiger partial charge in [-0.1, -0.05) is 29.3 Å². The van der Waals surface area contributed by atoms with Crippen LogP contribution >= 0.6 is 23.2 Å². The van der Waals surface area contributed by atoms with Crippen molar-refractivity contribution in [1.82, 2.24) is 0 Å². The molecule has 0 radical (unpaired) electrons. The maximum Gasteiger partial charge on any atom is 0.270 e. The van der Waals surface area contributed by atoms with Crippen LogP contribution in [0.25, 0.3) is 0 Å². The summed E-state index contributed by atoms with van der Waals surface area (Å²) >= 11 is 11.8. The molecule has 2 aromatic carbocycles. The molecule has 1 N–H and O–H groups in total. The molecule has 0 aromatic heterocycles. The summed E-state index contributed by atoms with van der Waals surface area (Å²) in [5.74, 6) is -0.533. The van der Waals surface area contributed by atoms with E-state index in [1.807, 2.05) is 0 Å². The van der Waals surface area contributed by atoms with E-state index in [4.69, 9.17) is 23.2 Å². The molecule has 0 unspecified atom stereocenters. The van der Waals surface area contributed by atoms with Gasteiger partial charge in [0.2, 0.25) is 0 Å². The van der Waals surface area contributed by atoms with Crippen molar-refractivity contribution in [2.45, 2.75) is 6.92 Å². The zero-order valence-electron chi connectivity index (χ0n) is 10.9. The average molecular weight is 325 g/mol. The molecule has 0 aliphatic heterocycles. The number of nitrogens with zero attached hydrogens (tertiary/aromatic N) is 1. The molecular weight excluding hydrogens is 315 g/mol. The van der Waals surface area contributed by atoms with Crippen LogP contribution in [0.1, 0.15) is 15.9 Å². The van der Waals surface area contributed by atoms with E-state index in [0.717, 1.165) is 11.6 Å². The molecule has 1 amide bonds. The molecule has 0 fully saturated rings. The largest absolute Gasteiger partial charge is 0.322 e. The Morgan fingerprint density at radius 1 is 1.19 bits per heavy atom. The summed E-state index contributed by atoms with van der Waals surface area (Å²) in [5, 5.41) is 14.0. The lowest BCUT2D eigenvalue weighted by Crippen LogP contribution is -2.13. The minimum atomic E-state index is -0.586. The summed E-state index contributed by atoms with van der Waals surface area (Å²) in [6, 6.07) is 8.75. The SMILES string of the molecule is Cc1ccc(Cl)cc1NC(=O)c1cc([N+](=O)[O-])ccc1Cl. The number of nitro groups is 1. The highest BCUT2D eigenvalue weighted by molar-refractivity contribution is 6.34. The third-order valence-corrected chi connectivity index (χ3v) is 3.42. The first-order valence-electron chi connectivity index (χ1n) is 5.90. The molecule has 0 atom stereocenters. The third kappa shape index (κ3) is 3.51. The second-order valence-corrected chi connectivity index (χ2v) is 5.18. The number of aryl methyl sites for hydroxylation is 1. The Hall–Kier alpha value is -2.11. The maximum atomic E-state index is 12.2. The van der Waals surface area contributed by atoms with E-state index in [-0.39, 0.29) is 16.3 Å². The Kier molecular flexibility index (Phi) is 4.45. The maximum absolute atomic E-state index is 12.2. The number of benzene rings is 2. The predicted octanol–water partition coefficient (Wildman–Crippen LogP) is 4.46. The molecular formula is C14H10Cl2N2O3. The van der Waals surface area contributed by atoms with E-state index in [1.54, 1.807) is 25.1 Å². The molecule has 21 heavy (non-hydrogen) atoms. The molecule has 0 aliphatic rings. The van der Waals surface area contributed by atoms with Gasteiger partial charge in [-0.15, -0.1) is 0 Å². The van der Waals surface area contributed by atoms with Crippen molar-refractivity contribution in [2.24, 2.45) is 0 Å². The van der Waals surface area contributed by atoms with Gasteiger partial charge in [-0.25, -0.2) is 0 Å². The Bertz CT molecular complexity index is 732. The second-order valence-electron chi connectivity index (χ2n) is 4.33. The Labute approximate surface area is 130 Å². The Morgan fingerprint density at radius 3 is 2.57 bits per heavy atom. The van der Waals surface area contributed by atoms with Gasteiger partial charge in [-0.2, -0.15) is 0 Å². The summed E-state index contributed by atoms with van der Waals surface area (Å²) in [5.41, 5.74) is 1.17. The fourth-order valence-electron chi connectivity index (χ4n) is 1.72. The van der Waals surface area contributed by atoms with E-state index < -0.39 is 10.8 Å². The zero-order chi connectivity index (χ0) is 15.6. The van der Waals surface area contributed by atoms with Gasteiger partial charge in [0.1, 0.15) is 0 Å². The fourth-order valence-corrected chi connectivity index (χ4v) is 2.09. The van der Waals surface area contributed by atoms with Crippen LogP contribution < -0.4 is 5.32 Å². The van der Waals surface area contributed by atoms with Crippen LogP contribution in [0.15, 0.2) is 36.4 Å². The van der Waals surface area contributed by atoms with Crippen molar-refractivity contribution in [3.8, 4) is 0 Å². The van der Waals surface area contributed by atoms with Crippen molar-refractivity contribution in [3.63, 3.8) is 0 Å². The number of halogens is 2. The van der Waals surface area contributed by atoms with Gasteiger partial charge in [0.05, 0.1) is 15.5 Å². The minimum absolute atomic E-state index is 0.0326. The molecule has 5 nitrogen and oxygen atoms in total. The van der Waals surface area contributed by atoms with Crippen LogP contribution in [0.3, 0.4) is 0 Å². The lowest BCUT2D eigenvalue weighted by Gasteiger charge is -2.09. The van der Waals surface area contributed by atoms with E-state index in [1.165, 1.54) is 12.1 Å². The molecule has 7 heteroatoms. The van der Waals surface area contributed by atoms with Crippen molar-refractivity contribution in [3.05, 3.63) is 67.7 Å². The molecule has 0 aliphatic carbocycles. The van der Waals surface area contributed by atoms with Crippen molar-refractivity contribution >= 4 is 40.5 Å². The smallest absolute Gasteiger partial charge is 0.270 e. The number of non-ortho nitro benzene ring substituents is 1. The number of carbonyl (C=O) groups excluding carboxylic acids is 1. The van der Waals surface area contributed by atoms with E-state index >= 15 is 0 Å². The van der Waals surface area contributed by atoms with Gasteiger partial charge in [0.15, 0.2) is 0 Å². The molecule has 0 bridgehead atoms. The number of carbonyl (C=O) groups is 1. The highest BCUT2D eigenvalue weighted by Crippen LogP contribution is 2.25. The summed E-state index contributed by atoms with van der Waals surface area (Å²) in [6.07, 6.45) is 0. The minimum Gasteiger partial charge on any atom is -0.322 e. The number of hydrogen-bond acceptors (Lipinski definition) is 3. The molecule has 0 saturated heterocycles. The molecule has 0 heterocycles. The van der Waals surface area contributed by atoms with Gasteiger partial charge in [0.25, 0.3) is 11.6 Å². The van der Waals surface area contributed by atoms with Crippen LogP contribution in [0.5, 0.6) is 0 Å².